The highest BCUT2D eigenvalue weighted by atomic mass is 35.5. The molecule has 0 aliphatic carbocycles. The van der Waals surface area contributed by atoms with E-state index in [-0.39, 0.29) is 18.7 Å². The lowest BCUT2D eigenvalue weighted by Crippen LogP contribution is -2.54. The fourth-order valence-electron chi connectivity index (χ4n) is 3.70. The molecule has 33 heavy (non-hydrogen) atoms. The Balaban J connectivity index is 0.000000196. The zero-order chi connectivity index (χ0) is 24.0. The van der Waals surface area contributed by atoms with Crippen molar-refractivity contribution in [2.24, 2.45) is 0 Å². The van der Waals surface area contributed by atoms with Crippen LogP contribution in [0.1, 0.15) is 40.0 Å². The average Bonchev–Trinajstić information content (AvgIpc) is 3.05. The predicted octanol–water partition coefficient (Wildman–Crippen LogP) is 1.97. The monoisotopic (exact) mass is 518 g/mol. The van der Waals surface area contributed by atoms with E-state index in [9.17, 15) is 23.7 Å². The Hall–Kier alpha value is -1.81. The number of rotatable bonds is 6. The van der Waals surface area contributed by atoms with E-state index in [1.54, 1.807) is 28.9 Å². The molecule has 1 aromatic carbocycles. The largest absolute Gasteiger partial charge is 0.343 e. The Bertz CT molecular complexity index is 927. The third kappa shape index (κ3) is 5.82. The summed E-state index contributed by atoms with van der Waals surface area (Å²) < 4.78 is 19.2. The molecule has 1 aromatic rings. The van der Waals surface area contributed by atoms with E-state index in [0.717, 1.165) is 17.9 Å². The fraction of sp³-hybridized carbons (Fsp3) is 0.500. The number of piperidine rings is 1. The van der Waals surface area contributed by atoms with Crippen molar-refractivity contribution in [3.8, 4) is 0 Å². The number of benzene rings is 1. The molecule has 0 saturated carbocycles. The number of halogens is 2. The van der Waals surface area contributed by atoms with Gasteiger partial charge in [-0.25, -0.2) is 9.76 Å². The summed E-state index contributed by atoms with van der Waals surface area (Å²) in [7, 11) is -2.84. The number of imide groups is 2. The highest BCUT2D eigenvalue weighted by molar-refractivity contribution is 7.54. The second kappa shape index (κ2) is 11.6. The first-order valence-electron chi connectivity index (χ1n) is 10.5. The lowest BCUT2D eigenvalue weighted by molar-refractivity contribution is -0.136. The average molecular weight is 519 g/mol. The minimum absolute atomic E-state index is 0.129. The molecule has 0 radical (unpaired) electrons. The molecular weight excluding hydrogens is 494 g/mol. The second-order valence-electron chi connectivity index (χ2n) is 7.44. The van der Waals surface area contributed by atoms with Gasteiger partial charge in [-0.2, -0.15) is 0 Å². The van der Waals surface area contributed by atoms with Crippen LogP contribution in [0.2, 0.25) is 0 Å². The van der Waals surface area contributed by atoms with E-state index in [1.807, 2.05) is 0 Å². The maximum Gasteiger partial charge on any atom is 0.343 e. The Morgan fingerprint density at radius 3 is 2.15 bits per heavy atom. The molecule has 2 N–H and O–H groups in total. The van der Waals surface area contributed by atoms with Gasteiger partial charge >= 0.3 is 7.67 Å². The van der Waals surface area contributed by atoms with Crippen molar-refractivity contribution in [2.45, 2.75) is 25.3 Å². The predicted molar refractivity (Wildman–Crippen MR) is 122 cm³/mol. The maximum absolute atomic E-state index is 12.2. The third-order valence-electron chi connectivity index (χ3n) is 5.30. The van der Waals surface area contributed by atoms with Crippen LogP contribution in [0.5, 0.6) is 0 Å². The number of alkyl halides is 2. The molecule has 180 valence electrons. The van der Waals surface area contributed by atoms with Gasteiger partial charge < -0.3 is 4.52 Å². The molecule has 13 heteroatoms. The molecule has 2 saturated heterocycles. The van der Waals surface area contributed by atoms with E-state index in [1.165, 1.54) is 0 Å². The number of nitrogens with one attached hydrogen (secondary N) is 2. The van der Waals surface area contributed by atoms with Gasteiger partial charge in [0.1, 0.15) is 6.04 Å². The van der Waals surface area contributed by atoms with Crippen molar-refractivity contribution in [1.82, 2.24) is 20.0 Å². The molecule has 0 bridgehead atoms. The van der Waals surface area contributed by atoms with E-state index < -0.39 is 31.4 Å². The van der Waals surface area contributed by atoms with Gasteiger partial charge in [-0.15, -0.1) is 23.2 Å². The Kier molecular flexibility index (Phi) is 9.03. The summed E-state index contributed by atoms with van der Waals surface area (Å²) in [6.45, 7) is 2.31. The minimum Gasteiger partial charge on any atom is -0.306 e. The number of hydrogen-bond acceptors (Lipinski definition) is 6. The van der Waals surface area contributed by atoms with E-state index in [4.69, 9.17) is 27.7 Å². The van der Waals surface area contributed by atoms with Crippen LogP contribution < -0.4 is 10.4 Å². The smallest absolute Gasteiger partial charge is 0.306 e. The van der Waals surface area contributed by atoms with Crippen molar-refractivity contribution in [1.29, 1.82) is 0 Å². The summed E-state index contributed by atoms with van der Waals surface area (Å²) in [5, 5.41) is 5.06. The van der Waals surface area contributed by atoms with Crippen molar-refractivity contribution in [3.05, 3.63) is 35.4 Å². The molecule has 4 rings (SSSR count). The summed E-state index contributed by atoms with van der Waals surface area (Å²) in [4.78, 5) is 48.1. The maximum atomic E-state index is 12.2. The quantitative estimate of drug-likeness (QED) is 0.332. The van der Waals surface area contributed by atoms with E-state index >= 15 is 0 Å². The molecule has 2 atom stereocenters. The molecule has 10 nitrogen and oxygen atoms in total. The number of carbonyl (C=O) groups is 4. The van der Waals surface area contributed by atoms with Gasteiger partial charge in [0.25, 0.3) is 11.8 Å². The zero-order valence-electron chi connectivity index (χ0n) is 17.8. The van der Waals surface area contributed by atoms with Crippen molar-refractivity contribution in [2.75, 3.05) is 38.0 Å². The van der Waals surface area contributed by atoms with Crippen LogP contribution in [0.4, 0.5) is 0 Å². The van der Waals surface area contributed by atoms with Crippen LogP contribution in [0, 0.1) is 0 Å². The topological polar surface area (TPSA) is 125 Å². The van der Waals surface area contributed by atoms with Crippen LogP contribution in [-0.2, 0) is 18.7 Å². The van der Waals surface area contributed by atoms with Crippen LogP contribution in [-0.4, -0.2) is 77.2 Å². The normalized spacial score (nSPS) is 24.9. The number of hydrogen-bond donors (Lipinski definition) is 2. The van der Waals surface area contributed by atoms with Gasteiger partial charge in [-0.05, 0) is 25.0 Å². The second-order valence-corrected chi connectivity index (χ2v) is 10.4. The standard InChI is InChI=1S/C13H10N2O4.C7H15Cl2N2O2P/c16-10-6-5-9(11(17)14-10)15-12(18)7-3-1-2-4-8(7)13(15)19;8-2-5-11(6-3-9)14(12)10-4-1-7-13-14/h1-4,9H,5-6H2,(H,14,16,17);1-7H2,(H,10,12). The summed E-state index contributed by atoms with van der Waals surface area (Å²) in [5.74, 6) is -1.08. The molecule has 0 aromatic heterocycles. The van der Waals surface area contributed by atoms with Gasteiger partial charge in [-0.1, -0.05) is 12.1 Å². The van der Waals surface area contributed by atoms with Gasteiger partial charge in [0.2, 0.25) is 11.8 Å². The van der Waals surface area contributed by atoms with Crippen LogP contribution in [0.25, 0.3) is 0 Å². The molecule has 3 aliphatic heterocycles. The molecule has 2 unspecified atom stereocenters. The third-order valence-corrected chi connectivity index (χ3v) is 7.94. The fourth-order valence-corrected chi connectivity index (χ4v) is 6.34. The first-order valence-corrected chi connectivity index (χ1v) is 13.1. The minimum atomic E-state index is -2.84. The van der Waals surface area contributed by atoms with Crippen LogP contribution in [0.3, 0.4) is 0 Å². The summed E-state index contributed by atoms with van der Waals surface area (Å²) in [6, 6.07) is 5.55. The molecule has 4 amide bonds. The zero-order valence-corrected chi connectivity index (χ0v) is 20.2. The molecule has 3 heterocycles. The Morgan fingerprint density at radius 1 is 1.06 bits per heavy atom. The summed E-state index contributed by atoms with van der Waals surface area (Å²) in [6.07, 6.45) is 1.19. The van der Waals surface area contributed by atoms with Crippen molar-refractivity contribution < 1.29 is 28.3 Å². The number of amides is 4. The van der Waals surface area contributed by atoms with Crippen LogP contribution >= 0.6 is 30.9 Å². The Morgan fingerprint density at radius 2 is 1.67 bits per heavy atom. The van der Waals surface area contributed by atoms with Crippen LogP contribution in [0.15, 0.2) is 24.3 Å². The van der Waals surface area contributed by atoms with Gasteiger partial charge in [0, 0.05) is 37.8 Å². The molecule has 3 aliphatic rings. The Labute approximate surface area is 201 Å². The highest BCUT2D eigenvalue weighted by Gasteiger charge is 2.44. The number of carbonyl (C=O) groups excluding carboxylic acids is 4. The SMILES string of the molecule is O=C1CCC(N2C(=O)c3ccccc3C2=O)C(=O)N1.O=P1(N(CCCl)CCCl)NCCCO1. The van der Waals surface area contributed by atoms with Crippen molar-refractivity contribution in [3.63, 3.8) is 0 Å². The highest BCUT2D eigenvalue weighted by Crippen LogP contribution is 2.48. The van der Waals surface area contributed by atoms with Gasteiger partial charge in [0.15, 0.2) is 0 Å². The molecule has 2 fully saturated rings. The number of nitrogens with zero attached hydrogens (tertiary/aromatic N) is 2. The lowest BCUT2D eigenvalue weighted by atomic mass is 10.0. The first kappa shape index (κ1) is 25.8. The molecular formula is C20H25Cl2N4O6P. The molecule has 0 spiro atoms. The lowest BCUT2D eigenvalue weighted by Gasteiger charge is -2.33. The van der Waals surface area contributed by atoms with Crippen molar-refractivity contribution >= 4 is 54.5 Å². The van der Waals surface area contributed by atoms with E-state index in [0.29, 0.717) is 42.6 Å². The van der Waals surface area contributed by atoms with Gasteiger partial charge in [-0.3, -0.25) is 34.0 Å². The van der Waals surface area contributed by atoms with Gasteiger partial charge in [0.05, 0.1) is 17.7 Å². The summed E-state index contributed by atoms with van der Waals surface area (Å²) in [5.41, 5.74) is 0.606. The number of fused-ring (bicyclic) bond motifs is 1. The first-order chi connectivity index (χ1) is 15.8. The summed E-state index contributed by atoms with van der Waals surface area (Å²) >= 11 is 11.2. The van der Waals surface area contributed by atoms with E-state index in [2.05, 4.69) is 10.4 Å².